The van der Waals surface area contributed by atoms with Crippen LogP contribution in [-0.2, 0) is 21.9 Å². The molecule has 2 aromatic rings. The zero-order valence-corrected chi connectivity index (χ0v) is 19.9. The van der Waals surface area contributed by atoms with Crippen molar-refractivity contribution in [3.63, 3.8) is 0 Å². The van der Waals surface area contributed by atoms with Gasteiger partial charge in [-0.1, -0.05) is 67.3 Å². The zero-order chi connectivity index (χ0) is 22.9. The van der Waals surface area contributed by atoms with Gasteiger partial charge in [0.1, 0.15) is 11.9 Å². The van der Waals surface area contributed by atoms with Crippen molar-refractivity contribution in [3.8, 4) is 0 Å². The maximum atomic E-state index is 14.3. The maximum absolute atomic E-state index is 14.3. The molecule has 0 radical (unpaired) electrons. The molecule has 0 aliphatic heterocycles. The molecular formula is C25H30ClFN2O2S. The monoisotopic (exact) mass is 476 g/mol. The molecule has 1 aliphatic rings. The van der Waals surface area contributed by atoms with Crippen LogP contribution in [-0.4, -0.2) is 34.6 Å². The largest absolute Gasteiger partial charge is 0.352 e. The Morgan fingerprint density at radius 2 is 1.75 bits per heavy atom. The van der Waals surface area contributed by atoms with Gasteiger partial charge in [0.05, 0.1) is 5.75 Å². The Hall–Kier alpha value is -2.05. The second-order valence-corrected chi connectivity index (χ2v) is 9.61. The smallest absolute Gasteiger partial charge is 0.242 e. The summed E-state index contributed by atoms with van der Waals surface area (Å²) in [7, 11) is 0. The van der Waals surface area contributed by atoms with Crippen LogP contribution in [0.3, 0.4) is 0 Å². The van der Waals surface area contributed by atoms with Crippen LogP contribution >= 0.6 is 23.4 Å². The van der Waals surface area contributed by atoms with Gasteiger partial charge in [0.15, 0.2) is 0 Å². The number of hydrogen-bond donors (Lipinski definition) is 1. The van der Waals surface area contributed by atoms with Crippen molar-refractivity contribution in [2.75, 3.05) is 5.75 Å². The van der Waals surface area contributed by atoms with Crippen LogP contribution in [0, 0.1) is 5.82 Å². The van der Waals surface area contributed by atoms with Crippen molar-refractivity contribution in [2.45, 2.75) is 63.4 Å². The maximum Gasteiger partial charge on any atom is 0.242 e. The Morgan fingerprint density at radius 1 is 1.09 bits per heavy atom. The Labute approximate surface area is 198 Å². The second kappa shape index (κ2) is 12.3. The molecule has 1 aliphatic carbocycles. The highest BCUT2D eigenvalue weighted by molar-refractivity contribution is 7.99. The molecule has 2 aromatic carbocycles. The van der Waals surface area contributed by atoms with Crippen molar-refractivity contribution in [1.82, 2.24) is 10.2 Å². The van der Waals surface area contributed by atoms with Crippen LogP contribution in [0.5, 0.6) is 0 Å². The van der Waals surface area contributed by atoms with E-state index in [1.807, 2.05) is 24.3 Å². The number of amides is 2. The van der Waals surface area contributed by atoms with Gasteiger partial charge in [0.2, 0.25) is 11.8 Å². The third-order valence-corrected chi connectivity index (χ3v) is 7.19. The van der Waals surface area contributed by atoms with E-state index < -0.39 is 6.04 Å². The summed E-state index contributed by atoms with van der Waals surface area (Å²) >= 11 is 7.64. The molecule has 1 fully saturated rings. The van der Waals surface area contributed by atoms with E-state index in [4.69, 9.17) is 11.6 Å². The number of halogens is 2. The van der Waals surface area contributed by atoms with Gasteiger partial charge in [-0.15, -0.1) is 11.8 Å². The average Bonchev–Trinajstić information content (AvgIpc) is 2.80. The lowest BCUT2D eigenvalue weighted by Crippen LogP contribution is -2.51. The molecule has 7 heteroatoms. The van der Waals surface area contributed by atoms with Gasteiger partial charge < -0.3 is 10.2 Å². The van der Waals surface area contributed by atoms with E-state index in [1.165, 1.54) is 29.1 Å². The van der Waals surface area contributed by atoms with Crippen LogP contribution in [0.25, 0.3) is 0 Å². The second-order valence-electron chi connectivity index (χ2n) is 8.22. The number of benzene rings is 2. The summed E-state index contributed by atoms with van der Waals surface area (Å²) in [5, 5.41) is 3.76. The highest BCUT2D eigenvalue weighted by Gasteiger charge is 2.28. The molecule has 0 bridgehead atoms. The third-order valence-electron chi connectivity index (χ3n) is 5.86. The Kier molecular flexibility index (Phi) is 9.42. The highest BCUT2D eigenvalue weighted by atomic mass is 35.5. The van der Waals surface area contributed by atoms with Crippen molar-refractivity contribution < 1.29 is 14.0 Å². The molecular weight excluding hydrogens is 447 g/mol. The molecule has 1 saturated carbocycles. The Morgan fingerprint density at radius 3 is 2.44 bits per heavy atom. The van der Waals surface area contributed by atoms with Crippen LogP contribution in [0.4, 0.5) is 4.39 Å². The van der Waals surface area contributed by atoms with Crippen molar-refractivity contribution in [1.29, 1.82) is 0 Å². The van der Waals surface area contributed by atoms with E-state index in [9.17, 15) is 14.0 Å². The fourth-order valence-corrected chi connectivity index (χ4v) is 5.10. The first kappa shape index (κ1) is 24.6. The molecule has 32 heavy (non-hydrogen) atoms. The average molecular weight is 477 g/mol. The van der Waals surface area contributed by atoms with Gasteiger partial charge in [-0.2, -0.15) is 0 Å². The number of carbonyl (C=O) groups is 2. The zero-order valence-electron chi connectivity index (χ0n) is 18.4. The quantitative estimate of drug-likeness (QED) is 0.514. The normalized spacial score (nSPS) is 15.2. The van der Waals surface area contributed by atoms with Gasteiger partial charge in [0, 0.05) is 28.9 Å². The van der Waals surface area contributed by atoms with E-state index in [0.29, 0.717) is 16.3 Å². The predicted octanol–water partition coefficient (Wildman–Crippen LogP) is 5.58. The topological polar surface area (TPSA) is 49.4 Å². The minimum atomic E-state index is -0.690. The summed E-state index contributed by atoms with van der Waals surface area (Å²) in [4.78, 5) is 27.6. The summed E-state index contributed by atoms with van der Waals surface area (Å²) in [5.74, 6) is 0.00527. The Balaban J connectivity index is 1.67. The summed E-state index contributed by atoms with van der Waals surface area (Å²) in [6.45, 7) is 1.77. The van der Waals surface area contributed by atoms with E-state index >= 15 is 0 Å². The minimum absolute atomic E-state index is 0.0530. The molecule has 1 N–H and O–H groups in total. The standard InChI is InChI=1S/C25H30ClFN2O2S/c1-18(25(31)28-21-11-3-2-4-12-21)29(15-19-9-6-8-14-23(19)27)24(30)17-32-16-20-10-5-7-13-22(20)26/h5-10,13-14,18,21H,2-4,11-12,15-17H2,1H3,(H,28,31)/t18-/m1/s1. The van der Waals surface area contributed by atoms with E-state index in [0.717, 1.165) is 31.2 Å². The summed E-state index contributed by atoms with van der Waals surface area (Å²) in [6.07, 6.45) is 5.34. The van der Waals surface area contributed by atoms with E-state index in [1.54, 1.807) is 25.1 Å². The molecule has 172 valence electrons. The number of rotatable bonds is 9. The van der Waals surface area contributed by atoms with E-state index in [-0.39, 0.29) is 36.0 Å². The molecule has 1 atom stereocenters. The summed E-state index contributed by atoms with van der Waals surface area (Å²) in [6, 6.07) is 13.4. The molecule has 0 aromatic heterocycles. The molecule has 2 amide bonds. The van der Waals surface area contributed by atoms with Gasteiger partial charge >= 0.3 is 0 Å². The predicted molar refractivity (Wildman–Crippen MR) is 129 cm³/mol. The van der Waals surface area contributed by atoms with Crippen molar-refractivity contribution in [3.05, 3.63) is 70.5 Å². The molecule has 0 unspecified atom stereocenters. The van der Waals surface area contributed by atoms with Gasteiger partial charge in [-0.3, -0.25) is 9.59 Å². The lowest BCUT2D eigenvalue weighted by molar-refractivity contribution is -0.139. The SMILES string of the molecule is C[C@H](C(=O)NC1CCCCC1)N(Cc1ccccc1F)C(=O)CSCc1ccccc1Cl. The van der Waals surface area contributed by atoms with Gasteiger partial charge in [-0.25, -0.2) is 4.39 Å². The number of thioether (sulfide) groups is 1. The Bertz CT molecular complexity index is 920. The first-order valence-corrected chi connectivity index (χ1v) is 12.6. The van der Waals surface area contributed by atoms with Gasteiger partial charge in [0.25, 0.3) is 0 Å². The van der Waals surface area contributed by atoms with Crippen LogP contribution in [0.2, 0.25) is 5.02 Å². The van der Waals surface area contributed by atoms with Gasteiger partial charge in [-0.05, 0) is 37.5 Å². The summed E-state index contributed by atoms with van der Waals surface area (Å²) in [5.41, 5.74) is 1.35. The first-order valence-electron chi connectivity index (χ1n) is 11.1. The highest BCUT2D eigenvalue weighted by Crippen LogP contribution is 2.22. The summed E-state index contributed by atoms with van der Waals surface area (Å²) < 4.78 is 14.3. The fourth-order valence-electron chi connectivity index (χ4n) is 3.91. The first-order chi connectivity index (χ1) is 15.5. The lowest BCUT2D eigenvalue weighted by Gasteiger charge is -2.31. The van der Waals surface area contributed by atoms with E-state index in [2.05, 4.69) is 5.32 Å². The number of carbonyl (C=O) groups excluding carboxylic acids is 2. The fraction of sp³-hybridized carbons (Fsp3) is 0.440. The van der Waals surface area contributed by atoms with Crippen LogP contribution in [0.1, 0.15) is 50.2 Å². The molecule has 4 nitrogen and oxygen atoms in total. The van der Waals surface area contributed by atoms with Crippen molar-refractivity contribution in [2.24, 2.45) is 0 Å². The number of nitrogens with zero attached hydrogens (tertiary/aromatic N) is 1. The molecule has 0 heterocycles. The number of hydrogen-bond acceptors (Lipinski definition) is 3. The lowest BCUT2D eigenvalue weighted by atomic mass is 9.95. The number of nitrogens with one attached hydrogen (secondary N) is 1. The molecule has 3 rings (SSSR count). The molecule has 0 spiro atoms. The van der Waals surface area contributed by atoms with Crippen LogP contribution < -0.4 is 5.32 Å². The molecule has 0 saturated heterocycles. The van der Waals surface area contributed by atoms with Crippen LogP contribution in [0.15, 0.2) is 48.5 Å². The third kappa shape index (κ3) is 6.97. The van der Waals surface area contributed by atoms with Crippen molar-refractivity contribution >= 4 is 35.2 Å². The minimum Gasteiger partial charge on any atom is -0.352 e.